The summed E-state index contributed by atoms with van der Waals surface area (Å²) in [6, 6.07) is 3.11. The minimum atomic E-state index is 0.287. The van der Waals surface area contributed by atoms with E-state index in [2.05, 4.69) is 31.7 Å². The molecule has 1 heterocycles. The molecule has 17 heavy (non-hydrogen) atoms. The van der Waals surface area contributed by atoms with Gasteiger partial charge in [0, 0.05) is 19.1 Å². The predicted molar refractivity (Wildman–Crippen MR) is 70.4 cm³/mol. The molecule has 2 rings (SSSR count). The van der Waals surface area contributed by atoms with E-state index in [1.54, 1.807) is 0 Å². The highest BCUT2D eigenvalue weighted by Gasteiger charge is 2.38. The van der Waals surface area contributed by atoms with Crippen LogP contribution in [0.15, 0.2) is 0 Å². The average Bonchev–Trinajstić information content (AvgIpc) is 2.68. The minimum absolute atomic E-state index is 0.287. The molecule has 5 atom stereocenters. The van der Waals surface area contributed by atoms with Gasteiger partial charge in [-0.15, -0.1) is 0 Å². The zero-order valence-electron chi connectivity index (χ0n) is 11.5. The van der Waals surface area contributed by atoms with Gasteiger partial charge in [0.15, 0.2) is 0 Å². The van der Waals surface area contributed by atoms with Gasteiger partial charge in [0.2, 0.25) is 0 Å². The number of nitrogens with zero attached hydrogens (tertiary/aromatic N) is 2. The van der Waals surface area contributed by atoms with Gasteiger partial charge in [0.25, 0.3) is 0 Å². The third-order valence-electron chi connectivity index (χ3n) is 5.15. The molecule has 96 valence electrons. The first-order valence-corrected chi connectivity index (χ1v) is 7.29. The van der Waals surface area contributed by atoms with E-state index in [9.17, 15) is 5.26 Å². The van der Waals surface area contributed by atoms with Crippen molar-refractivity contribution in [3.05, 3.63) is 0 Å². The summed E-state index contributed by atoms with van der Waals surface area (Å²) in [6.45, 7) is 9.42. The van der Waals surface area contributed by atoms with E-state index in [4.69, 9.17) is 0 Å². The molecule has 0 amide bonds. The maximum absolute atomic E-state index is 9.34. The Morgan fingerprint density at radius 1 is 1.18 bits per heavy atom. The second-order valence-corrected chi connectivity index (χ2v) is 6.30. The highest BCUT2D eigenvalue weighted by atomic mass is 15.2. The Morgan fingerprint density at radius 3 is 2.35 bits per heavy atom. The van der Waals surface area contributed by atoms with E-state index in [0.717, 1.165) is 24.2 Å². The van der Waals surface area contributed by atoms with E-state index in [0.29, 0.717) is 6.04 Å². The van der Waals surface area contributed by atoms with Gasteiger partial charge in [-0.1, -0.05) is 27.2 Å². The van der Waals surface area contributed by atoms with Crippen LogP contribution in [0.25, 0.3) is 0 Å². The lowest BCUT2D eigenvalue weighted by molar-refractivity contribution is 0.117. The summed E-state index contributed by atoms with van der Waals surface area (Å²) in [6.07, 6.45) is 4.94. The van der Waals surface area contributed by atoms with Crippen molar-refractivity contribution < 1.29 is 0 Å². The summed E-state index contributed by atoms with van der Waals surface area (Å²) in [5.41, 5.74) is 0. The molecular weight excluding hydrogens is 208 g/mol. The molecule has 0 bridgehead atoms. The number of nitriles is 1. The van der Waals surface area contributed by atoms with Gasteiger partial charge >= 0.3 is 0 Å². The van der Waals surface area contributed by atoms with Gasteiger partial charge in [-0.2, -0.15) is 5.26 Å². The number of rotatable bonds is 2. The van der Waals surface area contributed by atoms with Crippen molar-refractivity contribution in [3.63, 3.8) is 0 Å². The monoisotopic (exact) mass is 234 g/mol. The van der Waals surface area contributed by atoms with Gasteiger partial charge in [-0.25, -0.2) is 0 Å². The Bertz CT molecular complexity index is 284. The van der Waals surface area contributed by atoms with E-state index in [-0.39, 0.29) is 5.92 Å². The number of hydrogen-bond acceptors (Lipinski definition) is 2. The van der Waals surface area contributed by atoms with E-state index in [1.165, 1.54) is 32.4 Å². The van der Waals surface area contributed by atoms with Crippen LogP contribution < -0.4 is 0 Å². The summed E-state index contributed by atoms with van der Waals surface area (Å²) in [5.74, 6) is 2.75. The van der Waals surface area contributed by atoms with Gasteiger partial charge in [-0.3, -0.25) is 4.90 Å². The van der Waals surface area contributed by atoms with Gasteiger partial charge in [0.05, 0.1) is 12.0 Å². The molecular formula is C15H26N2. The Balaban J connectivity index is 2.03. The zero-order chi connectivity index (χ0) is 12.4. The normalized spacial score (nSPS) is 43.5. The van der Waals surface area contributed by atoms with Crippen LogP contribution in [0, 0.1) is 35.0 Å². The van der Waals surface area contributed by atoms with Crippen LogP contribution in [0.4, 0.5) is 0 Å². The summed E-state index contributed by atoms with van der Waals surface area (Å²) < 4.78 is 0. The molecule has 0 aromatic rings. The first-order valence-electron chi connectivity index (χ1n) is 7.29. The lowest BCUT2D eigenvalue weighted by Crippen LogP contribution is -2.43. The number of hydrogen-bond donors (Lipinski definition) is 0. The quantitative estimate of drug-likeness (QED) is 0.733. The van der Waals surface area contributed by atoms with Crippen molar-refractivity contribution in [1.82, 2.24) is 4.90 Å². The van der Waals surface area contributed by atoms with Crippen molar-refractivity contribution in [2.24, 2.45) is 23.7 Å². The maximum atomic E-state index is 9.34. The van der Waals surface area contributed by atoms with Crippen LogP contribution in [0.1, 0.15) is 46.5 Å². The Labute approximate surface area is 106 Å². The molecule has 5 unspecified atom stereocenters. The topological polar surface area (TPSA) is 27.0 Å². The molecule has 2 nitrogen and oxygen atoms in total. The van der Waals surface area contributed by atoms with E-state index < -0.39 is 0 Å². The largest absolute Gasteiger partial charge is 0.299 e. The molecule has 1 aliphatic heterocycles. The lowest BCUT2D eigenvalue weighted by Gasteiger charge is -2.38. The van der Waals surface area contributed by atoms with Crippen LogP contribution >= 0.6 is 0 Å². The lowest BCUT2D eigenvalue weighted by atomic mass is 9.77. The predicted octanol–water partition coefficient (Wildman–Crippen LogP) is 3.29. The molecule has 2 heteroatoms. The molecule has 0 aromatic heterocycles. The van der Waals surface area contributed by atoms with Crippen molar-refractivity contribution >= 4 is 0 Å². The van der Waals surface area contributed by atoms with Crippen molar-refractivity contribution in [1.29, 1.82) is 5.26 Å². The zero-order valence-corrected chi connectivity index (χ0v) is 11.5. The summed E-state index contributed by atoms with van der Waals surface area (Å²) in [7, 11) is 0. The smallest absolute Gasteiger partial charge is 0.0672 e. The fourth-order valence-electron chi connectivity index (χ4n) is 3.60. The van der Waals surface area contributed by atoms with Crippen LogP contribution in [-0.4, -0.2) is 24.0 Å². The van der Waals surface area contributed by atoms with Gasteiger partial charge in [0.1, 0.15) is 0 Å². The average molecular weight is 234 g/mol. The van der Waals surface area contributed by atoms with E-state index in [1.807, 2.05) is 0 Å². The van der Waals surface area contributed by atoms with Crippen LogP contribution in [0.2, 0.25) is 0 Å². The van der Waals surface area contributed by atoms with Gasteiger partial charge in [-0.05, 0) is 37.0 Å². The van der Waals surface area contributed by atoms with Gasteiger partial charge < -0.3 is 0 Å². The first kappa shape index (κ1) is 12.9. The number of likely N-dealkylation sites (tertiary alicyclic amines) is 1. The third-order valence-corrected chi connectivity index (χ3v) is 5.15. The van der Waals surface area contributed by atoms with Crippen molar-refractivity contribution in [3.8, 4) is 6.07 Å². The van der Waals surface area contributed by atoms with E-state index >= 15 is 0 Å². The SMILES string of the molecule is CCC1CCC(C#N)C(N2CC(C)C(C)C2)C1. The highest BCUT2D eigenvalue weighted by Crippen LogP contribution is 2.37. The van der Waals surface area contributed by atoms with Crippen LogP contribution in [0.3, 0.4) is 0 Å². The molecule has 0 radical (unpaired) electrons. The minimum Gasteiger partial charge on any atom is -0.299 e. The molecule has 2 fully saturated rings. The molecule has 0 N–H and O–H groups in total. The Morgan fingerprint density at radius 2 is 1.82 bits per heavy atom. The second kappa shape index (κ2) is 5.40. The second-order valence-electron chi connectivity index (χ2n) is 6.30. The third kappa shape index (κ3) is 2.65. The Hall–Kier alpha value is -0.550. The maximum Gasteiger partial charge on any atom is 0.0672 e. The van der Waals surface area contributed by atoms with Crippen molar-refractivity contribution in [2.75, 3.05) is 13.1 Å². The summed E-state index contributed by atoms with van der Waals surface area (Å²) in [4.78, 5) is 2.62. The van der Waals surface area contributed by atoms with Crippen LogP contribution in [-0.2, 0) is 0 Å². The molecule has 1 saturated heterocycles. The molecule has 0 aromatic carbocycles. The highest BCUT2D eigenvalue weighted by molar-refractivity contribution is 4.99. The molecule has 1 saturated carbocycles. The fraction of sp³-hybridized carbons (Fsp3) is 0.933. The van der Waals surface area contributed by atoms with Crippen LogP contribution in [0.5, 0.6) is 0 Å². The standard InChI is InChI=1S/C15H26N2/c1-4-13-5-6-14(8-16)15(7-13)17-9-11(2)12(3)10-17/h11-15H,4-7,9-10H2,1-3H3. The molecule has 2 aliphatic rings. The summed E-state index contributed by atoms with van der Waals surface area (Å²) >= 11 is 0. The van der Waals surface area contributed by atoms with Crippen molar-refractivity contribution in [2.45, 2.75) is 52.5 Å². The Kier molecular flexibility index (Phi) is 4.09. The molecule has 0 spiro atoms. The molecule has 1 aliphatic carbocycles. The first-order chi connectivity index (χ1) is 8.15. The fourth-order valence-corrected chi connectivity index (χ4v) is 3.60. The summed E-state index contributed by atoms with van der Waals surface area (Å²) in [5, 5.41) is 9.34.